The van der Waals surface area contributed by atoms with E-state index in [1.165, 1.54) is 99.1 Å². The zero-order valence-electron chi connectivity index (χ0n) is 27.9. The summed E-state index contributed by atoms with van der Waals surface area (Å²) in [6.07, 6.45) is 0. The van der Waals surface area contributed by atoms with Gasteiger partial charge in [0.25, 0.3) is 0 Å². The first-order valence-corrected chi connectivity index (χ1v) is 17.2. The maximum absolute atomic E-state index is 2.49. The molecule has 48 heavy (non-hydrogen) atoms. The van der Waals surface area contributed by atoms with Crippen molar-refractivity contribution in [3.8, 4) is 44.5 Å². The highest BCUT2D eigenvalue weighted by atomic mass is 14.4. The molecule has 2 aliphatic rings. The van der Waals surface area contributed by atoms with E-state index in [9.17, 15) is 0 Å². The summed E-state index contributed by atoms with van der Waals surface area (Å²) >= 11 is 0. The van der Waals surface area contributed by atoms with Gasteiger partial charge in [-0.1, -0.05) is 149 Å². The molecule has 0 radical (unpaired) electrons. The summed E-state index contributed by atoms with van der Waals surface area (Å²) < 4.78 is 0. The van der Waals surface area contributed by atoms with E-state index in [1.807, 2.05) is 0 Å². The molecule has 8 aromatic rings. The van der Waals surface area contributed by atoms with Crippen LogP contribution < -0.4 is 0 Å². The quantitative estimate of drug-likeness (QED) is 0.170. The van der Waals surface area contributed by atoms with Gasteiger partial charge < -0.3 is 0 Å². The third-order valence-electron chi connectivity index (χ3n) is 11.6. The summed E-state index contributed by atoms with van der Waals surface area (Å²) in [6, 6.07) is 55.0. The molecule has 0 atom stereocenters. The zero-order chi connectivity index (χ0) is 32.4. The van der Waals surface area contributed by atoms with Gasteiger partial charge >= 0.3 is 0 Å². The Morgan fingerprint density at radius 2 is 0.750 bits per heavy atom. The Morgan fingerprint density at radius 3 is 1.42 bits per heavy atom. The first-order chi connectivity index (χ1) is 23.3. The maximum atomic E-state index is 2.49. The van der Waals surface area contributed by atoms with Crippen molar-refractivity contribution in [2.45, 2.75) is 38.5 Å². The Kier molecular flexibility index (Phi) is 5.50. The monoisotopic (exact) mass is 612 g/mol. The van der Waals surface area contributed by atoms with Crippen LogP contribution in [0.4, 0.5) is 0 Å². The lowest BCUT2D eigenvalue weighted by atomic mass is 9.80. The van der Waals surface area contributed by atoms with E-state index in [1.54, 1.807) is 0 Å². The van der Waals surface area contributed by atoms with Gasteiger partial charge in [-0.25, -0.2) is 0 Å². The zero-order valence-corrected chi connectivity index (χ0v) is 27.9. The van der Waals surface area contributed by atoms with E-state index < -0.39 is 0 Å². The van der Waals surface area contributed by atoms with Crippen LogP contribution in [0.25, 0.3) is 76.8 Å². The van der Waals surface area contributed by atoms with Crippen LogP contribution in [-0.2, 0) is 10.8 Å². The minimum atomic E-state index is -0.0925. The van der Waals surface area contributed by atoms with Gasteiger partial charge in [0.05, 0.1) is 0 Å². The lowest BCUT2D eigenvalue weighted by molar-refractivity contribution is 0.660. The van der Waals surface area contributed by atoms with Crippen molar-refractivity contribution in [3.63, 3.8) is 0 Å². The second kappa shape index (κ2) is 9.55. The number of hydrogen-bond acceptors (Lipinski definition) is 0. The van der Waals surface area contributed by atoms with Crippen LogP contribution in [0.3, 0.4) is 0 Å². The van der Waals surface area contributed by atoms with Crippen LogP contribution in [0.15, 0.2) is 146 Å². The topological polar surface area (TPSA) is 0 Å². The Morgan fingerprint density at radius 1 is 0.312 bits per heavy atom. The molecular weight excluding hydrogens is 577 g/mol. The first kappa shape index (κ1) is 27.6. The van der Waals surface area contributed by atoms with Crippen LogP contribution in [0.2, 0.25) is 0 Å². The molecule has 0 heterocycles. The predicted octanol–water partition coefficient (Wildman–Crippen LogP) is 13.1. The van der Waals surface area contributed by atoms with Crippen LogP contribution >= 0.6 is 0 Å². The van der Waals surface area contributed by atoms with Crippen LogP contribution in [0.1, 0.15) is 49.9 Å². The lowest BCUT2D eigenvalue weighted by Gasteiger charge is -2.23. The molecule has 0 spiro atoms. The molecule has 228 valence electrons. The minimum Gasteiger partial charge on any atom is -0.0619 e. The third-order valence-corrected chi connectivity index (χ3v) is 11.6. The number of fused-ring (bicyclic) bond motifs is 9. The molecule has 0 unspecified atom stereocenters. The van der Waals surface area contributed by atoms with Gasteiger partial charge in [-0.3, -0.25) is 0 Å². The average molecular weight is 613 g/mol. The molecule has 0 bridgehead atoms. The molecule has 0 heteroatoms. The van der Waals surface area contributed by atoms with Gasteiger partial charge in [0.15, 0.2) is 0 Å². The van der Waals surface area contributed by atoms with E-state index in [0.29, 0.717) is 0 Å². The highest BCUT2D eigenvalue weighted by molar-refractivity contribution is 6.21. The van der Waals surface area contributed by atoms with Crippen LogP contribution in [0.5, 0.6) is 0 Å². The van der Waals surface area contributed by atoms with Gasteiger partial charge in [-0.15, -0.1) is 0 Å². The van der Waals surface area contributed by atoms with E-state index >= 15 is 0 Å². The smallest absolute Gasteiger partial charge is 0.0159 e. The van der Waals surface area contributed by atoms with Crippen molar-refractivity contribution in [2.24, 2.45) is 0 Å². The molecule has 8 aromatic carbocycles. The largest absolute Gasteiger partial charge is 0.0619 e. The molecule has 0 fully saturated rings. The van der Waals surface area contributed by atoms with Gasteiger partial charge in [0.2, 0.25) is 0 Å². The fourth-order valence-corrected chi connectivity index (χ4v) is 9.20. The second-order valence-corrected chi connectivity index (χ2v) is 14.9. The van der Waals surface area contributed by atoms with Crippen molar-refractivity contribution in [1.82, 2.24) is 0 Å². The van der Waals surface area contributed by atoms with E-state index in [4.69, 9.17) is 0 Å². The van der Waals surface area contributed by atoms with E-state index in [-0.39, 0.29) is 10.8 Å². The van der Waals surface area contributed by atoms with Crippen molar-refractivity contribution in [1.29, 1.82) is 0 Å². The summed E-state index contributed by atoms with van der Waals surface area (Å²) in [5.74, 6) is 0. The molecule has 0 saturated carbocycles. The molecular formula is C48H36. The lowest BCUT2D eigenvalue weighted by Crippen LogP contribution is -2.15. The molecule has 10 rings (SSSR count). The van der Waals surface area contributed by atoms with Crippen molar-refractivity contribution in [3.05, 3.63) is 168 Å². The van der Waals surface area contributed by atoms with Crippen LogP contribution in [0, 0.1) is 0 Å². The summed E-state index contributed by atoms with van der Waals surface area (Å²) in [7, 11) is 0. The van der Waals surface area contributed by atoms with E-state index in [2.05, 4.69) is 173 Å². The number of rotatable bonds is 2. The molecule has 0 aliphatic heterocycles. The maximum Gasteiger partial charge on any atom is 0.0159 e. The summed E-state index contributed by atoms with van der Waals surface area (Å²) in [5.41, 5.74) is 16.2. The highest BCUT2D eigenvalue weighted by Crippen LogP contribution is 2.53. The highest BCUT2D eigenvalue weighted by Gasteiger charge is 2.37. The summed E-state index contributed by atoms with van der Waals surface area (Å²) in [5, 5.41) is 7.80. The Labute approximate surface area is 282 Å². The van der Waals surface area contributed by atoms with Crippen molar-refractivity contribution in [2.75, 3.05) is 0 Å². The van der Waals surface area contributed by atoms with Gasteiger partial charge in [0, 0.05) is 10.8 Å². The van der Waals surface area contributed by atoms with Crippen molar-refractivity contribution >= 4 is 32.3 Å². The summed E-state index contributed by atoms with van der Waals surface area (Å²) in [6.45, 7) is 9.50. The van der Waals surface area contributed by atoms with Crippen LogP contribution in [-0.4, -0.2) is 0 Å². The molecule has 0 amide bonds. The molecule has 0 aromatic heterocycles. The van der Waals surface area contributed by atoms with Gasteiger partial charge in [-0.05, 0) is 123 Å². The molecule has 2 aliphatic carbocycles. The van der Waals surface area contributed by atoms with Gasteiger partial charge in [0.1, 0.15) is 0 Å². The average Bonchev–Trinajstić information content (AvgIpc) is 3.48. The standard InChI is InChI=1S/C48H36/c1-47(2)41-20-12-11-15-33(41)39-26-31(22-24-42(39)47)45-35-16-7-9-18-37(35)46(38-19-10-8-17-36(38)45)32-21-23-34-40-25-29-13-5-6-14-30(29)27-44(40)48(3,4)43(34)28-32/h5-28H,1-4H3. The Bertz CT molecular complexity index is 2610. The predicted molar refractivity (Wildman–Crippen MR) is 205 cm³/mol. The Hall–Kier alpha value is -5.46. The van der Waals surface area contributed by atoms with E-state index in [0.717, 1.165) is 0 Å². The fourth-order valence-electron chi connectivity index (χ4n) is 9.20. The minimum absolute atomic E-state index is 0.00776. The first-order valence-electron chi connectivity index (χ1n) is 17.2. The normalized spacial score (nSPS) is 15.0. The second-order valence-electron chi connectivity index (χ2n) is 14.9. The third kappa shape index (κ3) is 3.61. The number of hydrogen-bond donors (Lipinski definition) is 0. The fraction of sp³-hybridized carbons (Fsp3) is 0.125. The Balaban J connectivity index is 1.21. The molecule has 0 N–H and O–H groups in total. The SMILES string of the molecule is CC1(C)c2ccccc2-c2cc(-c3c4ccccc4c(-c4ccc5c(c4)C(C)(C)c4cc6ccccc6cc4-5)c4ccccc34)ccc21. The molecule has 0 saturated heterocycles. The molecule has 0 nitrogen and oxygen atoms in total. The number of benzene rings is 8. The summed E-state index contributed by atoms with van der Waals surface area (Å²) in [4.78, 5) is 0. The van der Waals surface area contributed by atoms with Crippen molar-refractivity contribution < 1.29 is 0 Å². The van der Waals surface area contributed by atoms with Gasteiger partial charge in [-0.2, -0.15) is 0 Å².